The number of alkyl halides is 3. The summed E-state index contributed by atoms with van der Waals surface area (Å²) >= 11 is 0. The van der Waals surface area contributed by atoms with E-state index in [2.05, 4.69) is 30.6 Å². The Morgan fingerprint density at radius 3 is 2.34 bits per heavy atom. The Morgan fingerprint density at radius 1 is 0.906 bits per heavy atom. The molecule has 1 fully saturated rings. The molecule has 3 aromatic carbocycles. The Labute approximate surface area is 186 Å². The molecule has 32 heavy (non-hydrogen) atoms. The zero-order valence-electron chi connectivity index (χ0n) is 17.7. The Bertz CT molecular complexity index is 1190. The van der Waals surface area contributed by atoms with Gasteiger partial charge in [0.25, 0.3) is 0 Å². The molecule has 0 aliphatic heterocycles. The summed E-state index contributed by atoms with van der Waals surface area (Å²) < 4.78 is 52.3. The molecule has 4 rings (SSSR count). The van der Waals surface area contributed by atoms with Gasteiger partial charge in [-0.05, 0) is 84.5 Å². The second kappa shape index (κ2) is 9.20. The van der Waals surface area contributed by atoms with Gasteiger partial charge in [-0.1, -0.05) is 48.2 Å². The summed E-state index contributed by atoms with van der Waals surface area (Å²) in [6.45, 7) is 3.85. The van der Waals surface area contributed by atoms with E-state index in [0.717, 1.165) is 40.8 Å². The van der Waals surface area contributed by atoms with Crippen molar-refractivity contribution in [3.63, 3.8) is 0 Å². The smallest absolute Gasteiger partial charge is 0.206 e. The zero-order chi connectivity index (χ0) is 22.7. The Morgan fingerprint density at radius 2 is 1.66 bits per heavy atom. The summed E-state index contributed by atoms with van der Waals surface area (Å²) in [5.41, 5.74) is 0.983. The Balaban J connectivity index is 1.58. The molecule has 0 bridgehead atoms. The molecule has 1 aliphatic carbocycles. The predicted octanol–water partition coefficient (Wildman–Crippen LogP) is 8.25. The molecule has 0 aromatic heterocycles. The van der Waals surface area contributed by atoms with E-state index in [9.17, 15) is 17.6 Å². The van der Waals surface area contributed by atoms with Crippen molar-refractivity contribution in [2.75, 3.05) is 0 Å². The SMILES string of the molecule is C=CCC1CCC(c2ccc3c(C#Cc4ccc(C(F)(F)F)cc4F)cccc3c2)CC1. The van der Waals surface area contributed by atoms with Crippen LogP contribution in [0.25, 0.3) is 10.8 Å². The highest BCUT2D eigenvalue weighted by atomic mass is 19.4. The van der Waals surface area contributed by atoms with Gasteiger partial charge in [-0.25, -0.2) is 4.39 Å². The van der Waals surface area contributed by atoms with Crippen molar-refractivity contribution in [1.29, 1.82) is 0 Å². The lowest BCUT2D eigenvalue weighted by atomic mass is 9.77. The minimum Gasteiger partial charge on any atom is -0.206 e. The zero-order valence-corrected chi connectivity index (χ0v) is 17.7. The molecule has 0 atom stereocenters. The van der Waals surface area contributed by atoms with E-state index in [1.165, 1.54) is 31.2 Å². The fourth-order valence-electron chi connectivity index (χ4n) is 4.56. The van der Waals surface area contributed by atoms with Crippen molar-refractivity contribution < 1.29 is 17.6 Å². The largest absolute Gasteiger partial charge is 0.416 e. The van der Waals surface area contributed by atoms with Crippen molar-refractivity contribution in [2.24, 2.45) is 5.92 Å². The van der Waals surface area contributed by atoms with Crippen LogP contribution in [-0.2, 0) is 6.18 Å². The molecule has 0 amide bonds. The van der Waals surface area contributed by atoms with Crippen molar-refractivity contribution in [2.45, 2.75) is 44.2 Å². The lowest BCUT2D eigenvalue weighted by Crippen LogP contribution is -2.12. The minimum absolute atomic E-state index is 0.0529. The van der Waals surface area contributed by atoms with E-state index < -0.39 is 17.6 Å². The highest BCUT2D eigenvalue weighted by Gasteiger charge is 2.31. The predicted molar refractivity (Wildman–Crippen MR) is 121 cm³/mol. The van der Waals surface area contributed by atoms with Crippen LogP contribution in [0, 0.1) is 23.6 Å². The minimum atomic E-state index is -4.58. The van der Waals surface area contributed by atoms with E-state index in [1.807, 2.05) is 30.3 Å². The summed E-state index contributed by atoms with van der Waals surface area (Å²) in [6, 6.07) is 14.6. The van der Waals surface area contributed by atoms with Gasteiger partial charge in [-0.2, -0.15) is 13.2 Å². The molecule has 1 aliphatic rings. The first kappa shape index (κ1) is 22.1. The first-order chi connectivity index (χ1) is 15.3. The molecule has 0 spiro atoms. The molecule has 0 nitrogen and oxygen atoms in total. The number of hydrogen-bond acceptors (Lipinski definition) is 0. The number of fused-ring (bicyclic) bond motifs is 1. The molecular weight excluding hydrogens is 412 g/mol. The summed E-state index contributed by atoms with van der Waals surface area (Å²) in [7, 11) is 0. The quantitative estimate of drug-likeness (QED) is 0.220. The Hall–Kier alpha value is -3.06. The average molecular weight is 436 g/mol. The van der Waals surface area contributed by atoms with E-state index in [4.69, 9.17) is 0 Å². The molecule has 3 aromatic rings. The van der Waals surface area contributed by atoms with E-state index >= 15 is 0 Å². The van der Waals surface area contributed by atoms with Crippen LogP contribution in [0.5, 0.6) is 0 Å². The van der Waals surface area contributed by atoms with Crippen LogP contribution >= 0.6 is 0 Å². The molecule has 164 valence electrons. The van der Waals surface area contributed by atoms with Gasteiger partial charge in [0.1, 0.15) is 5.82 Å². The average Bonchev–Trinajstić information content (AvgIpc) is 2.78. The third kappa shape index (κ3) is 4.88. The number of benzene rings is 3. The van der Waals surface area contributed by atoms with Crippen LogP contribution in [0.4, 0.5) is 17.6 Å². The highest BCUT2D eigenvalue weighted by Crippen LogP contribution is 2.38. The van der Waals surface area contributed by atoms with Crippen LogP contribution in [0.15, 0.2) is 67.3 Å². The van der Waals surface area contributed by atoms with Gasteiger partial charge in [-0.15, -0.1) is 6.58 Å². The van der Waals surface area contributed by atoms with Crippen LogP contribution in [0.3, 0.4) is 0 Å². The van der Waals surface area contributed by atoms with E-state index in [-0.39, 0.29) is 5.56 Å². The van der Waals surface area contributed by atoms with Gasteiger partial charge in [0.15, 0.2) is 0 Å². The summed E-state index contributed by atoms with van der Waals surface area (Å²) in [6.07, 6.45) is 3.32. The molecule has 0 saturated heterocycles. The van der Waals surface area contributed by atoms with Crippen molar-refractivity contribution in [3.8, 4) is 11.8 Å². The van der Waals surface area contributed by atoms with Crippen LogP contribution in [0.1, 0.15) is 60.3 Å². The topological polar surface area (TPSA) is 0 Å². The molecule has 0 N–H and O–H groups in total. The van der Waals surface area contributed by atoms with Crippen molar-refractivity contribution in [3.05, 3.63) is 95.3 Å². The standard InChI is InChI=1S/C28H24F4/c1-2-4-19-7-9-20(10-8-19)23-14-16-26-21(5-3-6-24(26)17-23)11-12-22-13-15-25(18-27(22)29)28(30,31)32/h2-3,5-6,13-20H,1,4,7-10H2. The number of allylic oxidation sites excluding steroid dienone is 1. The molecule has 1 saturated carbocycles. The maximum Gasteiger partial charge on any atom is 0.416 e. The first-order valence-corrected chi connectivity index (χ1v) is 10.9. The molecule has 0 radical (unpaired) electrons. The molecule has 4 heteroatoms. The number of halogens is 4. The number of hydrogen-bond donors (Lipinski definition) is 0. The molecular formula is C28H24F4. The lowest BCUT2D eigenvalue weighted by molar-refractivity contribution is -0.137. The van der Waals surface area contributed by atoms with Gasteiger partial charge in [-0.3, -0.25) is 0 Å². The fraction of sp³-hybridized carbons (Fsp3) is 0.286. The summed E-state index contributed by atoms with van der Waals surface area (Å²) in [4.78, 5) is 0. The van der Waals surface area contributed by atoms with Gasteiger partial charge >= 0.3 is 6.18 Å². The number of rotatable bonds is 3. The van der Waals surface area contributed by atoms with Gasteiger partial charge in [0, 0.05) is 5.56 Å². The van der Waals surface area contributed by atoms with E-state index in [1.54, 1.807) is 0 Å². The van der Waals surface area contributed by atoms with Crippen LogP contribution < -0.4 is 0 Å². The second-order valence-electron chi connectivity index (χ2n) is 8.47. The van der Waals surface area contributed by atoms with Crippen LogP contribution in [0.2, 0.25) is 0 Å². The van der Waals surface area contributed by atoms with Crippen molar-refractivity contribution >= 4 is 10.8 Å². The van der Waals surface area contributed by atoms with E-state index in [0.29, 0.717) is 12.0 Å². The third-order valence-electron chi connectivity index (χ3n) is 6.35. The normalized spacial score (nSPS) is 18.8. The van der Waals surface area contributed by atoms with Gasteiger partial charge in [0.2, 0.25) is 0 Å². The summed E-state index contributed by atoms with van der Waals surface area (Å²) in [5, 5.41) is 2.02. The molecule has 0 unspecified atom stereocenters. The van der Waals surface area contributed by atoms with Gasteiger partial charge in [0.05, 0.1) is 11.1 Å². The monoisotopic (exact) mass is 436 g/mol. The lowest BCUT2D eigenvalue weighted by Gasteiger charge is -2.28. The fourth-order valence-corrected chi connectivity index (χ4v) is 4.56. The van der Waals surface area contributed by atoms with Crippen molar-refractivity contribution in [1.82, 2.24) is 0 Å². The Kier molecular flexibility index (Phi) is 6.37. The second-order valence-corrected chi connectivity index (χ2v) is 8.47. The molecule has 0 heterocycles. The van der Waals surface area contributed by atoms with Crippen LogP contribution in [-0.4, -0.2) is 0 Å². The van der Waals surface area contributed by atoms with Gasteiger partial charge < -0.3 is 0 Å². The highest BCUT2D eigenvalue weighted by molar-refractivity contribution is 5.89. The maximum atomic E-state index is 14.1. The summed E-state index contributed by atoms with van der Waals surface area (Å²) in [5.74, 6) is 5.96. The third-order valence-corrected chi connectivity index (χ3v) is 6.35. The first-order valence-electron chi connectivity index (χ1n) is 10.9. The maximum absolute atomic E-state index is 14.1.